The zero-order chi connectivity index (χ0) is 25.9. The Labute approximate surface area is 213 Å². The third-order valence-electron chi connectivity index (χ3n) is 6.52. The molecule has 7 nitrogen and oxygen atoms in total. The van der Waals surface area contributed by atoms with Gasteiger partial charge in [-0.2, -0.15) is 0 Å². The van der Waals surface area contributed by atoms with Gasteiger partial charge in [-0.3, -0.25) is 9.52 Å². The van der Waals surface area contributed by atoms with E-state index in [0.717, 1.165) is 24.2 Å². The highest BCUT2D eigenvalue weighted by molar-refractivity contribution is 7.92. The van der Waals surface area contributed by atoms with E-state index >= 15 is 0 Å². The first kappa shape index (κ1) is 25.6. The molecule has 1 aliphatic heterocycles. The molecule has 0 aromatic heterocycles. The summed E-state index contributed by atoms with van der Waals surface area (Å²) in [5.74, 6) is 0.367. The number of ether oxygens (including phenoxy) is 1. The maximum absolute atomic E-state index is 12.8. The lowest BCUT2D eigenvalue weighted by molar-refractivity contribution is -0.133. The first-order valence-corrected chi connectivity index (χ1v) is 13.5. The van der Waals surface area contributed by atoms with E-state index in [1.54, 1.807) is 24.3 Å². The lowest BCUT2D eigenvalue weighted by Crippen LogP contribution is -2.50. The number of benzene rings is 3. The molecule has 0 radical (unpaired) electrons. The van der Waals surface area contributed by atoms with Crippen LogP contribution in [-0.2, 0) is 14.8 Å². The Morgan fingerprint density at radius 3 is 2.17 bits per heavy atom. The summed E-state index contributed by atoms with van der Waals surface area (Å²) in [5.41, 5.74) is 6.24. The van der Waals surface area contributed by atoms with Crippen LogP contribution in [0.4, 0.5) is 11.4 Å². The third-order valence-corrected chi connectivity index (χ3v) is 7.92. The normalized spacial score (nSPS) is 14.0. The fourth-order valence-corrected chi connectivity index (χ4v) is 5.51. The highest BCUT2D eigenvalue weighted by Gasteiger charge is 2.23. The molecule has 3 aromatic rings. The molecule has 36 heavy (non-hydrogen) atoms. The summed E-state index contributed by atoms with van der Waals surface area (Å²) < 4.78 is 33.8. The van der Waals surface area contributed by atoms with Crippen molar-refractivity contribution in [3.8, 4) is 5.75 Å². The molecule has 0 spiro atoms. The molecule has 1 saturated heterocycles. The second-order valence-electron chi connectivity index (χ2n) is 9.33. The molecule has 1 amide bonds. The number of amides is 1. The SMILES string of the molecule is Cc1cc(C)cc(NS(=O)(=O)c2ccc(OCC(=O)N3CCN(c4cccc(C)c4C)CC3)cc2)c1. The van der Waals surface area contributed by atoms with Crippen LogP contribution >= 0.6 is 0 Å². The van der Waals surface area contributed by atoms with Crippen molar-refractivity contribution in [3.63, 3.8) is 0 Å². The smallest absolute Gasteiger partial charge is 0.261 e. The fraction of sp³-hybridized carbons (Fsp3) is 0.321. The molecular weight excluding hydrogens is 474 g/mol. The summed E-state index contributed by atoms with van der Waals surface area (Å²) >= 11 is 0. The summed E-state index contributed by atoms with van der Waals surface area (Å²) in [7, 11) is -3.73. The highest BCUT2D eigenvalue weighted by atomic mass is 32.2. The van der Waals surface area contributed by atoms with Gasteiger partial charge in [0, 0.05) is 37.6 Å². The van der Waals surface area contributed by atoms with E-state index < -0.39 is 10.0 Å². The Morgan fingerprint density at radius 2 is 1.53 bits per heavy atom. The molecule has 1 N–H and O–H groups in total. The Bertz CT molecular complexity index is 1330. The van der Waals surface area contributed by atoms with Gasteiger partial charge in [-0.15, -0.1) is 0 Å². The molecule has 1 heterocycles. The van der Waals surface area contributed by atoms with Gasteiger partial charge >= 0.3 is 0 Å². The summed E-state index contributed by atoms with van der Waals surface area (Å²) in [5, 5.41) is 0. The second-order valence-corrected chi connectivity index (χ2v) is 11.0. The number of piperazine rings is 1. The maximum atomic E-state index is 12.8. The van der Waals surface area contributed by atoms with Crippen molar-refractivity contribution in [2.45, 2.75) is 32.6 Å². The van der Waals surface area contributed by atoms with Crippen molar-refractivity contribution in [3.05, 3.63) is 82.9 Å². The summed E-state index contributed by atoms with van der Waals surface area (Å²) in [4.78, 5) is 17.0. The average molecular weight is 508 g/mol. The summed E-state index contributed by atoms with van der Waals surface area (Å²) in [6, 6.07) is 18.0. The van der Waals surface area contributed by atoms with Gasteiger partial charge in [0.2, 0.25) is 0 Å². The second kappa shape index (κ2) is 10.6. The summed E-state index contributed by atoms with van der Waals surface area (Å²) in [6.07, 6.45) is 0. The first-order valence-electron chi connectivity index (χ1n) is 12.1. The van der Waals surface area contributed by atoms with Crippen LogP contribution in [0.25, 0.3) is 0 Å². The molecule has 0 atom stereocenters. The Hall–Kier alpha value is -3.52. The Kier molecular flexibility index (Phi) is 7.54. The monoisotopic (exact) mass is 507 g/mol. The van der Waals surface area contributed by atoms with E-state index in [1.807, 2.05) is 24.8 Å². The largest absolute Gasteiger partial charge is 0.484 e. The van der Waals surface area contributed by atoms with E-state index in [9.17, 15) is 13.2 Å². The predicted octanol–water partition coefficient (Wildman–Crippen LogP) is 4.45. The minimum absolute atomic E-state index is 0.0798. The number of hydrogen-bond acceptors (Lipinski definition) is 5. The molecule has 1 fully saturated rings. The third kappa shape index (κ3) is 5.99. The van der Waals surface area contributed by atoms with Crippen LogP contribution in [-0.4, -0.2) is 52.0 Å². The van der Waals surface area contributed by atoms with Crippen molar-refractivity contribution in [1.82, 2.24) is 4.90 Å². The quantitative estimate of drug-likeness (QED) is 0.511. The molecule has 0 unspecified atom stereocenters. The van der Waals surface area contributed by atoms with Crippen LogP contribution in [0.2, 0.25) is 0 Å². The number of rotatable bonds is 7. The van der Waals surface area contributed by atoms with Gasteiger partial charge in [-0.25, -0.2) is 8.42 Å². The van der Waals surface area contributed by atoms with Crippen LogP contribution < -0.4 is 14.4 Å². The molecule has 0 aliphatic carbocycles. The molecule has 190 valence electrons. The lowest BCUT2D eigenvalue weighted by atomic mass is 10.1. The number of nitrogens with one attached hydrogen (secondary N) is 1. The number of hydrogen-bond donors (Lipinski definition) is 1. The van der Waals surface area contributed by atoms with Crippen molar-refractivity contribution < 1.29 is 17.9 Å². The van der Waals surface area contributed by atoms with Gasteiger partial charge < -0.3 is 14.5 Å². The van der Waals surface area contributed by atoms with Gasteiger partial charge in [-0.1, -0.05) is 18.2 Å². The first-order chi connectivity index (χ1) is 17.1. The van der Waals surface area contributed by atoms with Crippen LogP contribution in [0.5, 0.6) is 5.75 Å². The highest BCUT2D eigenvalue weighted by Crippen LogP contribution is 2.24. The Morgan fingerprint density at radius 1 is 0.889 bits per heavy atom. The van der Waals surface area contributed by atoms with Gasteiger partial charge in [0.1, 0.15) is 5.75 Å². The predicted molar refractivity (Wildman–Crippen MR) is 143 cm³/mol. The number of anilines is 2. The van der Waals surface area contributed by atoms with E-state index in [-0.39, 0.29) is 17.4 Å². The minimum Gasteiger partial charge on any atom is -0.484 e. The Balaban J connectivity index is 1.30. The van der Waals surface area contributed by atoms with Gasteiger partial charge in [-0.05, 0) is 92.4 Å². The molecule has 3 aromatic carbocycles. The van der Waals surface area contributed by atoms with Crippen LogP contribution in [0.1, 0.15) is 22.3 Å². The van der Waals surface area contributed by atoms with Gasteiger partial charge in [0.05, 0.1) is 4.90 Å². The standard InChI is InChI=1S/C28H33N3O4S/c1-20-16-21(2)18-24(17-20)29-36(33,34)26-10-8-25(9-11-26)35-19-28(32)31-14-12-30(13-15-31)27-7-5-6-22(3)23(27)4/h5-11,16-18,29H,12-15,19H2,1-4H3. The molecule has 8 heteroatoms. The van der Waals surface area contributed by atoms with Crippen molar-refractivity contribution in [2.24, 2.45) is 0 Å². The minimum atomic E-state index is -3.73. The number of sulfonamides is 1. The van der Waals surface area contributed by atoms with E-state index in [4.69, 9.17) is 4.74 Å². The van der Waals surface area contributed by atoms with Crippen molar-refractivity contribution in [2.75, 3.05) is 42.4 Å². The van der Waals surface area contributed by atoms with Crippen LogP contribution in [0.15, 0.2) is 65.6 Å². The zero-order valence-electron chi connectivity index (χ0n) is 21.2. The molecular formula is C28H33N3O4S. The maximum Gasteiger partial charge on any atom is 0.261 e. The molecule has 0 bridgehead atoms. The van der Waals surface area contributed by atoms with Crippen LogP contribution in [0, 0.1) is 27.7 Å². The van der Waals surface area contributed by atoms with Crippen molar-refractivity contribution >= 4 is 27.3 Å². The topological polar surface area (TPSA) is 78.9 Å². The lowest BCUT2D eigenvalue weighted by Gasteiger charge is -2.37. The van der Waals surface area contributed by atoms with E-state index in [2.05, 4.69) is 41.7 Å². The molecule has 0 saturated carbocycles. The number of aryl methyl sites for hydroxylation is 3. The zero-order valence-corrected chi connectivity index (χ0v) is 22.1. The number of nitrogens with zero attached hydrogens (tertiary/aromatic N) is 2. The summed E-state index contributed by atoms with van der Waals surface area (Å²) in [6.45, 7) is 10.8. The van der Waals surface area contributed by atoms with Crippen molar-refractivity contribution in [1.29, 1.82) is 0 Å². The van der Waals surface area contributed by atoms with Crippen LogP contribution in [0.3, 0.4) is 0 Å². The number of carbonyl (C=O) groups excluding carboxylic acids is 1. The fourth-order valence-electron chi connectivity index (χ4n) is 4.47. The molecule has 4 rings (SSSR count). The molecule has 1 aliphatic rings. The van der Waals surface area contributed by atoms with E-state index in [0.29, 0.717) is 24.5 Å². The average Bonchev–Trinajstić information content (AvgIpc) is 2.84. The van der Waals surface area contributed by atoms with Gasteiger partial charge in [0.15, 0.2) is 6.61 Å². The van der Waals surface area contributed by atoms with Gasteiger partial charge in [0.25, 0.3) is 15.9 Å². The number of carbonyl (C=O) groups is 1. The van der Waals surface area contributed by atoms with E-state index in [1.165, 1.54) is 28.9 Å².